The molecule has 0 aliphatic carbocycles. The Labute approximate surface area is 223 Å². The zero-order valence-corrected chi connectivity index (χ0v) is 22.2. The lowest BCUT2D eigenvalue weighted by molar-refractivity contribution is -0.116. The lowest BCUT2D eigenvalue weighted by Crippen LogP contribution is -2.21. The number of aromatic nitrogens is 5. The maximum Gasteiger partial charge on any atom is 0.274 e. The quantitative estimate of drug-likeness (QED) is 0.201. The Morgan fingerprint density at radius 3 is 2.50 bits per heavy atom. The third-order valence-corrected chi connectivity index (χ3v) is 7.37. The molecule has 200 valence electrons. The number of thioether (sulfide) groups is 1. The Morgan fingerprint density at radius 1 is 0.974 bits per heavy atom. The first-order valence-electron chi connectivity index (χ1n) is 12.5. The maximum atomic E-state index is 13.6. The molecule has 0 radical (unpaired) electrons. The average Bonchev–Trinajstić information content (AvgIpc) is 3.24. The summed E-state index contributed by atoms with van der Waals surface area (Å²) in [6.07, 6.45) is 5.41. The van der Waals surface area contributed by atoms with Crippen molar-refractivity contribution in [1.29, 1.82) is 0 Å². The molecule has 2 heterocycles. The number of unbranched alkanes of at least 4 members (excludes halogenated alkanes) is 4. The van der Waals surface area contributed by atoms with E-state index in [0.717, 1.165) is 65.6 Å². The summed E-state index contributed by atoms with van der Waals surface area (Å²) in [6, 6.07) is 10.6. The average molecular weight is 541 g/mol. The second kappa shape index (κ2) is 12.8. The molecule has 4 aromatic rings. The number of rotatable bonds is 12. The highest BCUT2D eigenvalue weighted by molar-refractivity contribution is 7.99. The number of anilines is 1. The second-order valence-corrected chi connectivity index (χ2v) is 10.2. The van der Waals surface area contributed by atoms with E-state index < -0.39 is 11.6 Å². The third kappa shape index (κ3) is 6.83. The van der Waals surface area contributed by atoms with Crippen molar-refractivity contribution in [2.45, 2.75) is 50.1 Å². The first-order chi connectivity index (χ1) is 18.3. The van der Waals surface area contributed by atoms with Crippen LogP contribution < -0.4 is 10.9 Å². The molecule has 11 heteroatoms. The van der Waals surface area contributed by atoms with Crippen LogP contribution in [-0.2, 0) is 25.3 Å². The molecule has 0 fully saturated rings. The first-order valence-corrected chi connectivity index (χ1v) is 13.5. The van der Waals surface area contributed by atoms with Crippen molar-refractivity contribution in [3.8, 4) is 0 Å². The summed E-state index contributed by atoms with van der Waals surface area (Å²) in [4.78, 5) is 24.4. The van der Waals surface area contributed by atoms with Gasteiger partial charge in [-0.2, -0.15) is 5.10 Å². The number of hydrogen-bond donors (Lipinski definition) is 1. The fourth-order valence-corrected chi connectivity index (χ4v) is 5.09. The number of fused-ring (bicyclic) bond motifs is 1. The molecule has 8 nitrogen and oxygen atoms in total. The number of carbonyl (C=O) groups is 1. The molecule has 0 unspecified atom stereocenters. The molecule has 0 saturated carbocycles. The molecule has 0 aliphatic rings. The summed E-state index contributed by atoms with van der Waals surface area (Å²) < 4.78 is 29.9. The van der Waals surface area contributed by atoms with E-state index in [1.54, 1.807) is 18.8 Å². The summed E-state index contributed by atoms with van der Waals surface area (Å²) in [6.45, 7) is 0. The van der Waals surface area contributed by atoms with Crippen LogP contribution in [0.15, 0.2) is 52.4 Å². The lowest BCUT2D eigenvalue weighted by atomic mass is 10.1. The van der Waals surface area contributed by atoms with Crippen molar-refractivity contribution in [3.63, 3.8) is 0 Å². The van der Waals surface area contributed by atoms with Crippen molar-refractivity contribution in [3.05, 3.63) is 76.0 Å². The number of aryl methyl sites for hydroxylation is 1. The molecular weight excluding hydrogens is 510 g/mol. The number of hydrogen-bond acceptors (Lipinski definition) is 6. The second-order valence-electron chi connectivity index (χ2n) is 9.09. The maximum absolute atomic E-state index is 13.6. The van der Waals surface area contributed by atoms with Crippen molar-refractivity contribution in [2.75, 3.05) is 11.1 Å². The molecule has 1 amide bonds. The Balaban J connectivity index is 1.17. The van der Waals surface area contributed by atoms with Crippen LogP contribution in [0.2, 0.25) is 0 Å². The van der Waals surface area contributed by atoms with Gasteiger partial charge in [0.25, 0.3) is 5.56 Å². The molecule has 0 bridgehead atoms. The number of halogens is 2. The zero-order valence-electron chi connectivity index (χ0n) is 21.4. The van der Waals surface area contributed by atoms with Gasteiger partial charge in [-0.3, -0.25) is 9.59 Å². The fraction of sp³-hybridized carbons (Fsp3) is 0.370. The first kappa shape index (κ1) is 27.4. The number of carbonyl (C=O) groups excluding carboxylic acids is 1. The van der Waals surface area contributed by atoms with Crippen molar-refractivity contribution >= 4 is 34.1 Å². The summed E-state index contributed by atoms with van der Waals surface area (Å²) in [5, 5.41) is 17.9. The van der Waals surface area contributed by atoms with E-state index >= 15 is 0 Å². The van der Waals surface area contributed by atoms with Gasteiger partial charge in [0.15, 0.2) is 5.16 Å². The normalized spacial score (nSPS) is 11.3. The fourth-order valence-electron chi connectivity index (χ4n) is 4.17. The third-order valence-electron chi connectivity index (χ3n) is 6.27. The minimum atomic E-state index is -0.775. The molecule has 0 aliphatic heterocycles. The standard InChI is InChI=1S/C27H30F2N6O2S/c1-34-24(17-23-19-10-7-8-11-20(19)26(37)35(2)33-23)31-32-27(34)38-15-9-5-3-4-6-12-25(36)30-22-14-13-18(28)16-21(22)29/h7-8,10-11,13-14,16H,3-6,9,12,15,17H2,1-2H3,(H,30,36). The molecule has 0 spiro atoms. The van der Waals surface area contributed by atoms with E-state index in [1.807, 2.05) is 35.9 Å². The van der Waals surface area contributed by atoms with E-state index in [-0.39, 0.29) is 17.2 Å². The van der Waals surface area contributed by atoms with Crippen molar-refractivity contribution in [1.82, 2.24) is 24.5 Å². The van der Waals surface area contributed by atoms with Crippen molar-refractivity contribution < 1.29 is 13.6 Å². The Bertz CT molecular complexity index is 1490. The molecular formula is C27H30F2N6O2S. The van der Waals surface area contributed by atoms with Crippen LogP contribution in [0.5, 0.6) is 0 Å². The molecule has 2 aromatic heterocycles. The molecule has 2 aromatic carbocycles. The summed E-state index contributed by atoms with van der Waals surface area (Å²) in [5.74, 6) is -0.0431. The predicted octanol–water partition coefficient (Wildman–Crippen LogP) is 5.00. The highest BCUT2D eigenvalue weighted by Gasteiger charge is 2.14. The molecule has 0 saturated heterocycles. The van der Waals surface area contributed by atoms with Crippen LogP contribution in [-0.4, -0.2) is 36.2 Å². The van der Waals surface area contributed by atoms with Gasteiger partial charge in [-0.05, 0) is 31.0 Å². The Morgan fingerprint density at radius 2 is 1.71 bits per heavy atom. The predicted molar refractivity (Wildman–Crippen MR) is 144 cm³/mol. The van der Waals surface area contributed by atoms with E-state index in [9.17, 15) is 18.4 Å². The topological polar surface area (TPSA) is 94.7 Å². The van der Waals surface area contributed by atoms with Gasteiger partial charge in [-0.25, -0.2) is 13.5 Å². The number of nitrogens with one attached hydrogen (secondary N) is 1. The lowest BCUT2D eigenvalue weighted by Gasteiger charge is -2.08. The van der Waals surface area contributed by atoms with Crippen LogP contribution in [0.25, 0.3) is 10.8 Å². The Hall–Kier alpha value is -3.60. The highest BCUT2D eigenvalue weighted by atomic mass is 32.2. The van der Waals surface area contributed by atoms with Crippen molar-refractivity contribution in [2.24, 2.45) is 14.1 Å². The van der Waals surface area contributed by atoms with Gasteiger partial charge in [-0.15, -0.1) is 10.2 Å². The van der Waals surface area contributed by atoms with E-state index in [2.05, 4.69) is 20.6 Å². The van der Waals surface area contributed by atoms with Crippen LogP contribution >= 0.6 is 11.8 Å². The minimum absolute atomic E-state index is 0.000612. The molecule has 1 N–H and O–H groups in total. The smallest absolute Gasteiger partial charge is 0.274 e. The minimum Gasteiger partial charge on any atom is -0.324 e. The molecule has 0 atom stereocenters. The summed E-state index contributed by atoms with van der Waals surface area (Å²) in [7, 11) is 3.59. The van der Waals surface area contributed by atoms with Crippen LogP contribution in [0.1, 0.15) is 50.0 Å². The van der Waals surface area contributed by atoms with Gasteiger partial charge >= 0.3 is 0 Å². The van der Waals surface area contributed by atoms with Gasteiger partial charge in [0.05, 0.1) is 23.2 Å². The van der Waals surface area contributed by atoms with Crippen LogP contribution in [0, 0.1) is 11.6 Å². The van der Waals surface area contributed by atoms with Gasteiger partial charge < -0.3 is 9.88 Å². The molecule has 4 rings (SSSR count). The highest BCUT2D eigenvalue weighted by Crippen LogP contribution is 2.21. The molecule has 38 heavy (non-hydrogen) atoms. The van der Waals surface area contributed by atoms with E-state index in [1.165, 1.54) is 10.7 Å². The SMILES string of the molecule is Cn1c(Cc2nn(C)c(=O)c3ccccc23)nnc1SCCCCCCCC(=O)Nc1ccc(F)cc1F. The zero-order chi connectivity index (χ0) is 27.1. The van der Waals surface area contributed by atoms with E-state index in [4.69, 9.17) is 0 Å². The van der Waals surface area contributed by atoms with Crippen LogP contribution in [0.3, 0.4) is 0 Å². The number of benzene rings is 2. The van der Waals surface area contributed by atoms with E-state index in [0.29, 0.717) is 24.6 Å². The van der Waals surface area contributed by atoms with Gasteiger partial charge in [0, 0.05) is 37.7 Å². The summed E-state index contributed by atoms with van der Waals surface area (Å²) in [5.41, 5.74) is 0.660. The monoisotopic (exact) mass is 540 g/mol. The van der Waals surface area contributed by atoms with Gasteiger partial charge in [0.1, 0.15) is 17.5 Å². The number of nitrogens with zero attached hydrogens (tertiary/aromatic N) is 5. The number of amides is 1. The van der Waals surface area contributed by atoms with Gasteiger partial charge in [0.2, 0.25) is 5.91 Å². The Kier molecular flexibility index (Phi) is 9.22. The largest absolute Gasteiger partial charge is 0.324 e. The summed E-state index contributed by atoms with van der Waals surface area (Å²) >= 11 is 1.65. The van der Waals surface area contributed by atoms with Crippen LogP contribution in [0.4, 0.5) is 14.5 Å². The van der Waals surface area contributed by atoms with Gasteiger partial charge in [-0.1, -0.05) is 49.2 Å².